The van der Waals surface area contributed by atoms with Gasteiger partial charge in [0, 0.05) is 5.92 Å². The van der Waals surface area contributed by atoms with Gasteiger partial charge >= 0.3 is 0 Å². The molecule has 2 saturated heterocycles. The van der Waals surface area contributed by atoms with Gasteiger partial charge in [-0.2, -0.15) is 0 Å². The minimum Gasteiger partial charge on any atom is -0.350 e. The van der Waals surface area contributed by atoms with Crippen molar-refractivity contribution >= 4 is 5.91 Å². The van der Waals surface area contributed by atoms with Crippen LogP contribution in [0.25, 0.3) is 0 Å². The van der Waals surface area contributed by atoms with Crippen LogP contribution < -0.4 is 5.32 Å². The number of ether oxygens (including phenoxy) is 2. The van der Waals surface area contributed by atoms with Gasteiger partial charge in [-0.15, -0.1) is 6.42 Å². The lowest BCUT2D eigenvalue weighted by molar-refractivity contribution is -0.123. The molecule has 0 radical (unpaired) electrons. The summed E-state index contributed by atoms with van der Waals surface area (Å²) in [7, 11) is 0. The van der Waals surface area contributed by atoms with E-state index < -0.39 is 0 Å². The molecule has 0 bridgehead atoms. The molecule has 2 aliphatic heterocycles. The van der Waals surface area contributed by atoms with Crippen molar-refractivity contribution in [3.8, 4) is 12.3 Å². The van der Waals surface area contributed by atoms with Crippen LogP contribution in [0.3, 0.4) is 0 Å². The fourth-order valence-electron chi connectivity index (χ4n) is 2.44. The average molecular weight is 252 g/mol. The topological polar surface area (TPSA) is 50.8 Å². The van der Waals surface area contributed by atoms with Crippen LogP contribution in [0.5, 0.6) is 0 Å². The fourth-order valence-corrected chi connectivity index (χ4v) is 2.44. The first-order valence-corrected chi connectivity index (χ1v) is 6.45. The molecule has 5 heteroatoms. The number of likely N-dealkylation sites (tertiary alicyclic amines) is 1. The molecule has 0 spiro atoms. The number of nitrogens with zero attached hydrogens (tertiary/aromatic N) is 1. The zero-order chi connectivity index (χ0) is 12.8. The molecule has 0 aromatic carbocycles. The molecule has 18 heavy (non-hydrogen) atoms. The molecule has 5 nitrogen and oxygen atoms in total. The van der Waals surface area contributed by atoms with Gasteiger partial charge in [0.05, 0.1) is 26.3 Å². The van der Waals surface area contributed by atoms with Gasteiger partial charge in [0.15, 0.2) is 6.29 Å². The molecule has 0 atom stereocenters. The highest BCUT2D eigenvalue weighted by atomic mass is 16.7. The molecule has 1 N–H and O–H groups in total. The van der Waals surface area contributed by atoms with Crippen LogP contribution in [0.4, 0.5) is 0 Å². The van der Waals surface area contributed by atoms with Crippen LogP contribution in [0, 0.1) is 18.3 Å². The van der Waals surface area contributed by atoms with E-state index in [1.54, 1.807) is 0 Å². The van der Waals surface area contributed by atoms with Gasteiger partial charge in [0.2, 0.25) is 5.91 Å². The highest BCUT2D eigenvalue weighted by Crippen LogP contribution is 2.25. The van der Waals surface area contributed by atoms with Crippen molar-refractivity contribution < 1.29 is 14.3 Å². The van der Waals surface area contributed by atoms with Gasteiger partial charge in [-0.1, -0.05) is 5.92 Å². The summed E-state index contributed by atoms with van der Waals surface area (Å²) >= 11 is 0. The number of rotatable bonds is 4. The first kappa shape index (κ1) is 13.3. The van der Waals surface area contributed by atoms with Crippen LogP contribution in [-0.4, -0.2) is 56.5 Å². The second-order valence-corrected chi connectivity index (χ2v) is 4.70. The van der Waals surface area contributed by atoms with Crippen LogP contribution in [0.15, 0.2) is 0 Å². The molecule has 0 unspecified atom stereocenters. The Balaban J connectivity index is 1.66. The molecule has 2 rings (SSSR count). The normalized spacial score (nSPS) is 22.8. The minimum absolute atomic E-state index is 0.000216. The van der Waals surface area contributed by atoms with E-state index in [1.165, 1.54) is 0 Å². The van der Waals surface area contributed by atoms with Gasteiger partial charge in [-0.05, 0) is 25.9 Å². The number of amides is 1. The number of piperidine rings is 1. The molecule has 1 amide bonds. The SMILES string of the molecule is C#CCNC(=O)CN1CCC(C2OCCO2)CC1. The van der Waals surface area contributed by atoms with E-state index in [0.29, 0.717) is 32.2 Å². The molecule has 0 saturated carbocycles. The van der Waals surface area contributed by atoms with Crippen molar-refractivity contribution in [1.29, 1.82) is 0 Å². The van der Waals surface area contributed by atoms with E-state index in [4.69, 9.17) is 15.9 Å². The predicted octanol–water partition coefficient (Wildman–Crippen LogP) is -0.179. The average Bonchev–Trinajstić information content (AvgIpc) is 2.91. The maximum absolute atomic E-state index is 11.5. The van der Waals surface area contributed by atoms with Gasteiger partial charge < -0.3 is 14.8 Å². The number of carbonyl (C=O) groups is 1. The van der Waals surface area contributed by atoms with Crippen LogP contribution in [0.2, 0.25) is 0 Å². The summed E-state index contributed by atoms with van der Waals surface area (Å²) in [5.41, 5.74) is 0. The Morgan fingerprint density at radius 1 is 1.33 bits per heavy atom. The largest absolute Gasteiger partial charge is 0.350 e. The lowest BCUT2D eigenvalue weighted by Gasteiger charge is -2.33. The van der Waals surface area contributed by atoms with Crippen molar-refractivity contribution in [2.24, 2.45) is 5.92 Å². The van der Waals surface area contributed by atoms with Crippen molar-refractivity contribution in [3.63, 3.8) is 0 Å². The Morgan fingerprint density at radius 3 is 2.61 bits per heavy atom. The number of hydrogen-bond donors (Lipinski definition) is 1. The molecule has 100 valence electrons. The standard InChI is InChI=1S/C13H20N2O3/c1-2-5-14-12(16)10-15-6-3-11(4-7-15)13-17-8-9-18-13/h1,11,13H,3-10H2,(H,14,16). The van der Waals surface area contributed by atoms with E-state index >= 15 is 0 Å². The number of hydrogen-bond acceptors (Lipinski definition) is 4. The number of carbonyl (C=O) groups excluding carboxylic acids is 1. The molecule has 2 fully saturated rings. The summed E-state index contributed by atoms with van der Waals surface area (Å²) in [5.74, 6) is 2.87. The highest BCUT2D eigenvalue weighted by Gasteiger charge is 2.30. The maximum Gasteiger partial charge on any atom is 0.234 e. The Bertz CT molecular complexity index is 313. The molecular weight excluding hydrogens is 232 g/mol. The Morgan fingerprint density at radius 2 is 2.00 bits per heavy atom. The summed E-state index contributed by atoms with van der Waals surface area (Å²) in [6.45, 7) is 3.98. The summed E-state index contributed by atoms with van der Waals surface area (Å²) in [5, 5.41) is 2.68. The summed E-state index contributed by atoms with van der Waals surface area (Å²) < 4.78 is 11.0. The lowest BCUT2D eigenvalue weighted by Crippen LogP contribution is -2.43. The maximum atomic E-state index is 11.5. The molecule has 0 aromatic heterocycles. The van der Waals surface area contributed by atoms with Gasteiger partial charge in [-0.25, -0.2) is 0 Å². The lowest BCUT2D eigenvalue weighted by atomic mass is 9.96. The molecule has 0 aliphatic carbocycles. The molecule has 0 aromatic rings. The monoisotopic (exact) mass is 252 g/mol. The van der Waals surface area contributed by atoms with E-state index in [2.05, 4.69) is 16.1 Å². The van der Waals surface area contributed by atoms with Crippen molar-refractivity contribution in [2.45, 2.75) is 19.1 Å². The molecule has 2 heterocycles. The quantitative estimate of drug-likeness (QED) is 0.705. The molecule has 2 aliphatic rings. The number of nitrogens with one attached hydrogen (secondary N) is 1. The van der Waals surface area contributed by atoms with E-state index in [0.717, 1.165) is 25.9 Å². The second kappa shape index (κ2) is 6.74. The van der Waals surface area contributed by atoms with Crippen LogP contribution in [-0.2, 0) is 14.3 Å². The third kappa shape index (κ3) is 3.70. The first-order chi connectivity index (χ1) is 8.79. The van der Waals surface area contributed by atoms with E-state index in [1.807, 2.05) is 0 Å². The van der Waals surface area contributed by atoms with Crippen LogP contribution >= 0.6 is 0 Å². The zero-order valence-corrected chi connectivity index (χ0v) is 10.6. The van der Waals surface area contributed by atoms with Crippen molar-refractivity contribution in [1.82, 2.24) is 10.2 Å². The first-order valence-electron chi connectivity index (χ1n) is 6.45. The summed E-state index contributed by atoms with van der Waals surface area (Å²) in [6, 6.07) is 0. The van der Waals surface area contributed by atoms with E-state index in [-0.39, 0.29) is 12.2 Å². The molecular formula is C13H20N2O3. The van der Waals surface area contributed by atoms with Gasteiger partial charge in [0.25, 0.3) is 0 Å². The van der Waals surface area contributed by atoms with Gasteiger partial charge in [0.1, 0.15) is 0 Å². The summed E-state index contributed by atoms with van der Waals surface area (Å²) in [4.78, 5) is 13.7. The fraction of sp³-hybridized carbons (Fsp3) is 0.769. The Kier molecular flexibility index (Phi) is 5.00. The van der Waals surface area contributed by atoms with Gasteiger partial charge in [-0.3, -0.25) is 9.69 Å². The Labute approximate surface area is 108 Å². The van der Waals surface area contributed by atoms with Crippen LogP contribution in [0.1, 0.15) is 12.8 Å². The van der Waals surface area contributed by atoms with Crippen molar-refractivity contribution in [3.05, 3.63) is 0 Å². The second-order valence-electron chi connectivity index (χ2n) is 4.70. The highest BCUT2D eigenvalue weighted by molar-refractivity contribution is 5.78. The van der Waals surface area contributed by atoms with E-state index in [9.17, 15) is 4.79 Å². The van der Waals surface area contributed by atoms with Crippen molar-refractivity contribution in [2.75, 3.05) is 39.4 Å². The predicted molar refractivity (Wildman–Crippen MR) is 66.7 cm³/mol. The third-order valence-electron chi connectivity index (χ3n) is 3.42. The zero-order valence-electron chi connectivity index (χ0n) is 10.6. The number of terminal acetylenes is 1. The summed E-state index contributed by atoms with van der Waals surface area (Å²) in [6.07, 6.45) is 7.11. The third-order valence-corrected chi connectivity index (χ3v) is 3.42. The Hall–Kier alpha value is -1.09. The smallest absolute Gasteiger partial charge is 0.234 e. The minimum atomic E-state index is -0.0255.